The molecule has 0 amide bonds. The van der Waals surface area contributed by atoms with E-state index in [9.17, 15) is 0 Å². The van der Waals surface area contributed by atoms with Crippen LogP contribution in [0.25, 0.3) is 28.7 Å². The van der Waals surface area contributed by atoms with E-state index in [0.29, 0.717) is 0 Å². The Balaban J connectivity index is 1.81. The van der Waals surface area contributed by atoms with Gasteiger partial charge in [-0.25, -0.2) is 0 Å². The summed E-state index contributed by atoms with van der Waals surface area (Å²) in [4.78, 5) is 0. The first kappa shape index (κ1) is 22.7. The lowest BCUT2D eigenvalue weighted by molar-refractivity contribution is 0.414. The van der Waals surface area contributed by atoms with E-state index in [4.69, 9.17) is 14.0 Å². The fourth-order valence-electron chi connectivity index (χ4n) is 3.60. The van der Waals surface area contributed by atoms with Crippen LogP contribution in [0.4, 0.5) is 0 Å². The van der Waals surface area contributed by atoms with Gasteiger partial charge >= 0.3 is 0 Å². The lowest BCUT2D eigenvalue weighted by Gasteiger charge is -2.04. The molecule has 2 aromatic carbocycles. The SMILES string of the molecule is CCCCCCCC/C=C/c1c(-c2ccc(OC)cc2)noc1-c1ccc(OC)cc1. The molecular formula is C27H33NO3. The van der Waals surface area contributed by atoms with Crippen LogP contribution in [0.2, 0.25) is 0 Å². The lowest BCUT2D eigenvalue weighted by atomic mass is 10.0. The molecule has 4 nitrogen and oxygen atoms in total. The lowest BCUT2D eigenvalue weighted by Crippen LogP contribution is -1.86. The third kappa shape index (κ3) is 6.24. The number of methoxy groups -OCH3 is 2. The van der Waals surface area contributed by atoms with Crippen LogP contribution in [0.1, 0.15) is 57.4 Å². The van der Waals surface area contributed by atoms with E-state index >= 15 is 0 Å². The van der Waals surface area contributed by atoms with Crippen LogP contribution in [0, 0.1) is 0 Å². The van der Waals surface area contributed by atoms with Crippen LogP contribution in [0.15, 0.2) is 59.1 Å². The minimum absolute atomic E-state index is 0.771. The minimum Gasteiger partial charge on any atom is -0.497 e. The third-order valence-corrected chi connectivity index (χ3v) is 5.45. The van der Waals surface area contributed by atoms with Crippen molar-refractivity contribution in [2.24, 2.45) is 0 Å². The van der Waals surface area contributed by atoms with Crippen LogP contribution >= 0.6 is 0 Å². The van der Waals surface area contributed by atoms with Gasteiger partial charge < -0.3 is 14.0 Å². The topological polar surface area (TPSA) is 44.5 Å². The summed E-state index contributed by atoms with van der Waals surface area (Å²) in [7, 11) is 3.34. The van der Waals surface area contributed by atoms with Gasteiger partial charge in [0.15, 0.2) is 5.76 Å². The minimum atomic E-state index is 0.771. The Hall–Kier alpha value is -3.01. The highest BCUT2D eigenvalue weighted by molar-refractivity contribution is 5.81. The molecule has 0 spiro atoms. The highest BCUT2D eigenvalue weighted by Crippen LogP contribution is 2.34. The summed E-state index contributed by atoms with van der Waals surface area (Å²) in [5.74, 6) is 2.41. The summed E-state index contributed by atoms with van der Waals surface area (Å²) < 4.78 is 16.4. The highest BCUT2D eigenvalue weighted by atomic mass is 16.5. The summed E-state index contributed by atoms with van der Waals surface area (Å²) in [6, 6.07) is 15.8. The number of aromatic nitrogens is 1. The maximum atomic E-state index is 5.82. The number of unbranched alkanes of at least 4 members (excludes halogenated alkanes) is 6. The van der Waals surface area contributed by atoms with E-state index in [1.807, 2.05) is 48.5 Å². The fourth-order valence-corrected chi connectivity index (χ4v) is 3.60. The van der Waals surface area contributed by atoms with Gasteiger partial charge in [0.1, 0.15) is 17.2 Å². The predicted octanol–water partition coefficient (Wildman–Crippen LogP) is 7.79. The fraction of sp³-hybridized carbons (Fsp3) is 0.370. The van der Waals surface area contributed by atoms with E-state index in [-0.39, 0.29) is 0 Å². The van der Waals surface area contributed by atoms with Gasteiger partial charge in [-0.15, -0.1) is 0 Å². The summed E-state index contributed by atoms with van der Waals surface area (Å²) in [6.07, 6.45) is 13.2. The van der Waals surface area contributed by atoms with Gasteiger partial charge in [-0.2, -0.15) is 0 Å². The van der Waals surface area contributed by atoms with Gasteiger partial charge in [-0.05, 0) is 61.4 Å². The Bertz CT molecular complexity index is 875. The number of rotatable bonds is 12. The highest BCUT2D eigenvalue weighted by Gasteiger charge is 2.17. The van der Waals surface area contributed by atoms with Crippen LogP contribution in [0.5, 0.6) is 11.5 Å². The van der Waals surface area contributed by atoms with E-state index in [0.717, 1.165) is 46.1 Å². The maximum Gasteiger partial charge on any atom is 0.174 e. The molecule has 0 fully saturated rings. The number of ether oxygens (including phenoxy) is 2. The molecule has 0 aliphatic rings. The zero-order chi connectivity index (χ0) is 21.9. The average Bonchev–Trinajstić information content (AvgIpc) is 3.24. The van der Waals surface area contributed by atoms with Gasteiger partial charge in [0.25, 0.3) is 0 Å². The molecule has 3 aromatic rings. The Morgan fingerprint density at radius 3 is 1.97 bits per heavy atom. The molecule has 0 N–H and O–H groups in total. The maximum absolute atomic E-state index is 5.82. The smallest absolute Gasteiger partial charge is 0.174 e. The van der Waals surface area contributed by atoms with E-state index in [1.165, 1.54) is 38.5 Å². The number of nitrogens with zero attached hydrogens (tertiary/aromatic N) is 1. The molecule has 0 aliphatic carbocycles. The van der Waals surface area contributed by atoms with Crippen molar-refractivity contribution in [3.63, 3.8) is 0 Å². The van der Waals surface area contributed by atoms with Crippen LogP contribution in [0.3, 0.4) is 0 Å². The van der Waals surface area contributed by atoms with E-state index in [2.05, 4.69) is 24.2 Å². The van der Waals surface area contributed by atoms with Crippen LogP contribution < -0.4 is 9.47 Å². The molecular weight excluding hydrogens is 386 g/mol. The molecule has 1 heterocycles. The van der Waals surface area contributed by atoms with Crippen molar-refractivity contribution in [3.8, 4) is 34.1 Å². The number of hydrogen-bond donors (Lipinski definition) is 0. The first-order chi connectivity index (χ1) is 15.3. The number of allylic oxidation sites excluding steroid dienone is 1. The molecule has 0 atom stereocenters. The average molecular weight is 420 g/mol. The Kier molecular flexibility index (Phi) is 8.77. The molecule has 0 saturated heterocycles. The van der Waals surface area contributed by atoms with Crippen molar-refractivity contribution in [2.75, 3.05) is 14.2 Å². The first-order valence-electron chi connectivity index (χ1n) is 11.2. The van der Waals surface area contributed by atoms with Crippen molar-refractivity contribution >= 4 is 6.08 Å². The van der Waals surface area contributed by atoms with Gasteiger partial charge in [0, 0.05) is 11.1 Å². The van der Waals surface area contributed by atoms with Crippen LogP contribution in [-0.2, 0) is 0 Å². The predicted molar refractivity (Wildman–Crippen MR) is 128 cm³/mol. The summed E-state index contributed by atoms with van der Waals surface area (Å²) >= 11 is 0. The molecule has 1 aromatic heterocycles. The van der Waals surface area contributed by atoms with Crippen molar-refractivity contribution in [3.05, 3.63) is 60.2 Å². The monoisotopic (exact) mass is 419 g/mol. The molecule has 0 unspecified atom stereocenters. The van der Waals surface area contributed by atoms with Crippen LogP contribution in [-0.4, -0.2) is 19.4 Å². The van der Waals surface area contributed by atoms with Crippen molar-refractivity contribution in [1.29, 1.82) is 0 Å². The molecule has 31 heavy (non-hydrogen) atoms. The first-order valence-corrected chi connectivity index (χ1v) is 11.2. The van der Waals surface area contributed by atoms with Crippen molar-refractivity contribution in [2.45, 2.75) is 51.9 Å². The Labute approximate surface area is 185 Å². The quantitative estimate of drug-likeness (QED) is 0.281. The Morgan fingerprint density at radius 1 is 0.774 bits per heavy atom. The second-order valence-electron chi connectivity index (χ2n) is 7.69. The van der Waals surface area contributed by atoms with Gasteiger partial charge in [-0.1, -0.05) is 56.3 Å². The van der Waals surface area contributed by atoms with Gasteiger partial charge in [0.05, 0.1) is 19.8 Å². The molecule has 164 valence electrons. The largest absolute Gasteiger partial charge is 0.497 e. The summed E-state index contributed by atoms with van der Waals surface area (Å²) in [5.41, 5.74) is 3.82. The van der Waals surface area contributed by atoms with E-state index < -0.39 is 0 Å². The standard InChI is InChI=1S/C27H33NO3/c1-4-5-6-7-8-9-10-11-12-25-26(21-13-17-23(29-2)18-14-21)28-31-27(25)22-15-19-24(30-3)20-16-22/h11-20H,4-10H2,1-3H3/b12-11+. The second kappa shape index (κ2) is 12.0. The normalized spacial score (nSPS) is 11.2. The summed E-state index contributed by atoms with van der Waals surface area (Å²) in [6.45, 7) is 2.25. The Morgan fingerprint density at radius 2 is 1.35 bits per heavy atom. The van der Waals surface area contributed by atoms with Gasteiger partial charge in [0.2, 0.25) is 0 Å². The van der Waals surface area contributed by atoms with Crippen molar-refractivity contribution < 1.29 is 14.0 Å². The van der Waals surface area contributed by atoms with Gasteiger partial charge in [-0.3, -0.25) is 0 Å². The molecule has 3 rings (SSSR count). The molecule has 4 heteroatoms. The molecule has 0 saturated carbocycles. The molecule has 0 bridgehead atoms. The number of hydrogen-bond acceptors (Lipinski definition) is 4. The zero-order valence-electron chi connectivity index (χ0n) is 18.9. The summed E-state index contributed by atoms with van der Waals surface area (Å²) in [5, 5.41) is 4.41. The van der Waals surface area contributed by atoms with E-state index in [1.54, 1.807) is 14.2 Å². The number of benzene rings is 2. The second-order valence-corrected chi connectivity index (χ2v) is 7.69. The zero-order valence-corrected chi connectivity index (χ0v) is 18.9. The third-order valence-electron chi connectivity index (χ3n) is 5.45. The molecule has 0 aliphatic heterocycles. The van der Waals surface area contributed by atoms with Crippen molar-refractivity contribution in [1.82, 2.24) is 5.16 Å². The molecule has 0 radical (unpaired) electrons.